The first-order valence-corrected chi connectivity index (χ1v) is 5.47. The van der Waals surface area contributed by atoms with Gasteiger partial charge in [-0.15, -0.1) is 10.2 Å². The lowest BCUT2D eigenvalue weighted by Crippen LogP contribution is -2.28. The minimum atomic E-state index is -0.205. The number of Topliss-reactive ketones (excluding diaryl/α,β-unsaturated/α-hetero) is 1. The summed E-state index contributed by atoms with van der Waals surface area (Å²) in [5.41, 5.74) is -0.205. The number of carbonyl (C=O) groups excluding carboxylic acids is 1. The van der Waals surface area contributed by atoms with Crippen molar-refractivity contribution in [3.63, 3.8) is 0 Å². The summed E-state index contributed by atoms with van der Waals surface area (Å²) in [7, 11) is 1.68. The molecule has 0 N–H and O–H groups in total. The molecule has 0 unspecified atom stereocenters. The Kier molecular flexibility index (Phi) is 2.54. The highest BCUT2D eigenvalue weighted by molar-refractivity contribution is 5.97. The zero-order valence-corrected chi connectivity index (χ0v) is 9.23. The second kappa shape index (κ2) is 3.72. The lowest BCUT2D eigenvalue weighted by atomic mass is 9.79. The third kappa shape index (κ3) is 1.66. The molecule has 0 bridgehead atoms. The minimum absolute atomic E-state index is 0.0793. The van der Waals surface area contributed by atoms with E-state index in [2.05, 4.69) is 22.3 Å². The van der Waals surface area contributed by atoms with Crippen LogP contribution in [0.2, 0.25) is 0 Å². The average Bonchev–Trinajstić information content (AvgIpc) is 2.86. The van der Waals surface area contributed by atoms with E-state index in [4.69, 9.17) is 0 Å². The number of hydrogen-bond acceptors (Lipinski definition) is 4. The van der Waals surface area contributed by atoms with Gasteiger partial charge >= 0.3 is 0 Å². The molecule has 0 saturated heterocycles. The number of carbonyl (C=O) groups is 1. The van der Waals surface area contributed by atoms with Crippen molar-refractivity contribution in [1.29, 1.82) is 0 Å². The zero-order chi connectivity index (χ0) is 10.9. The molecule has 1 heterocycles. The van der Waals surface area contributed by atoms with Gasteiger partial charge in [0.05, 0.1) is 7.05 Å². The molecule has 0 spiro atoms. The standard InChI is InChI=1S/C10H16N4O/c1-3-10(6-4-5-7-10)8(15)9-11-13-14(2)12-9/h3-7H2,1-2H3. The molecule has 0 amide bonds. The summed E-state index contributed by atoms with van der Waals surface area (Å²) in [6.07, 6.45) is 5.10. The van der Waals surface area contributed by atoms with E-state index in [1.165, 1.54) is 4.80 Å². The first kappa shape index (κ1) is 10.3. The Bertz CT molecular complexity index is 365. The monoisotopic (exact) mass is 208 g/mol. The van der Waals surface area contributed by atoms with E-state index in [0.29, 0.717) is 0 Å². The summed E-state index contributed by atoms with van der Waals surface area (Å²) in [5, 5.41) is 11.5. The van der Waals surface area contributed by atoms with E-state index in [1.807, 2.05) is 0 Å². The van der Waals surface area contributed by atoms with Crippen LogP contribution in [0, 0.1) is 5.41 Å². The van der Waals surface area contributed by atoms with Crippen LogP contribution in [0.4, 0.5) is 0 Å². The van der Waals surface area contributed by atoms with Gasteiger partial charge in [0.15, 0.2) is 0 Å². The van der Waals surface area contributed by atoms with E-state index in [-0.39, 0.29) is 17.0 Å². The van der Waals surface area contributed by atoms with Gasteiger partial charge in [-0.3, -0.25) is 4.79 Å². The third-order valence-electron chi connectivity index (χ3n) is 3.43. The van der Waals surface area contributed by atoms with Crippen molar-refractivity contribution in [3.8, 4) is 0 Å². The highest BCUT2D eigenvalue weighted by atomic mass is 16.1. The normalized spacial score (nSPS) is 19.3. The van der Waals surface area contributed by atoms with Gasteiger partial charge in [0.25, 0.3) is 0 Å². The Morgan fingerprint density at radius 2 is 2.13 bits per heavy atom. The van der Waals surface area contributed by atoms with Crippen LogP contribution in [-0.2, 0) is 7.05 Å². The van der Waals surface area contributed by atoms with Crippen molar-refractivity contribution in [1.82, 2.24) is 20.2 Å². The number of ketones is 1. The number of tetrazole rings is 1. The van der Waals surface area contributed by atoms with E-state index in [9.17, 15) is 4.79 Å². The number of aromatic nitrogens is 4. The first-order chi connectivity index (χ1) is 7.18. The van der Waals surface area contributed by atoms with Crippen LogP contribution in [0.15, 0.2) is 0 Å². The Balaban J connectivity index is 2.26. The Labute approximate surface area is 88.9 Å². The van der Waals surface area contributed by atoms with Crippen molar-refractivity contribution in [3.05, 3.63) is 5.82 Å². The molecule has 2 rings (SSSR count). The lowest BCUT2D eigenvalue weighted by molar-refractivity contribution is 0.0779. The number of nitrogens with zero attached hydrogens (tertiary/aromatic N) is 4. The lowest BCUT2D eigenvalue weighted by Gasteiger charge is -2.23. The molecule has 1 fully saturated rings. The van der Waals surface area contributed by atoms with Crippen molar-refractivity contribution >= 4 is 5.78 Å². The molecule has 15 heavy (non-hydrogen) atoms. The molecular weight excluding hydrogens is 192 g/mol. The number of rotatable bonds is 3. The van der Waals surface area contributed by atoms with Gasteiger partial charge in [0.1, 0.15) is 0 Å². The second-order valence-corrected chi connectivity index (χ2v) is 4.27. The van der Waals surface area contributed by atoms with Gasteiger partial charge in [-0.05, 0) is 24.5 Å². The second-order valence-electron chi connectivity index (χ2n) is 4.27. The van der Waals surface area contributed by atoms with Crippen LogP contribution in [0.1, 0.15) is 49.6 Å². The predicted molar refractivity (Wildman–Crippen MR) is 54.3 cm³/mol. The summed E-state index contributed by atoms with van der Waals surface area (Å²) < 4.78 is 0. The smallest absolute Gasteiger partial charge is 0.241 e. The fourth-order valence-electron chi connectivity index (χ4n) is 2.41. The maximum absolute atomic E-state index is 12.2. The molecule has 1 aromatic heterocycles. The summed E-state index contributed by atoms with van der Waals surface area (Å²) in [6.45, 7) is 2.07. The first-order valence-electron chi connectivity index (χ1n) is 5.47. The van der Waals surface area contributed by atoms with Crippen LogP contribution in [-0.4, -0.2) is 26.0 Å². The summed E-state index contributed by atoms with van der Waals surface area (Å²) in [4.78, 5) is 13.6. The molecule has 1 aliphatic rings. The molecule has 82 valence electrons. The van der Waals surface area contributed by atoms with Gasteiger partial charge in [-0.2, -0.15) is 4.80 Å². The van der Waals surface area contributed by atoms with Crippen LogP contribution < -0.4 is 0 Å². The number of hydrogen-bond donors (Lipinski definition) is 0. The minimum Gasteiger partial charge on any atom is -0.290 e. The summed E-state index contributed by atoms with van der Waals surface area (Å²) >= 11 is 0. The fourth-order valence-corrected chi connectivity index (χ4v) is 2.41. The number of aryl methyl sites for hydroxylation is 1. The quantitative estimate of drug-likeness (QED) is 0.704. The fraction of sp³-hybridized carbons (Fsp3) is 0.800. The molecule has 5 nitrogen and oxygen atoms in total. The average molecular weight is 208 g/mol. The maximum Gasteiger partial charge on any atom is 0.241 e. The van der Waals surface area contributed by atoms with Gasteiger partial charge in [0, 0.05) is 5.41 Å². The molecule has 0 atom stereocenters. The molecule has 0 radical (unpaired) electrons. The van der Waals surface area contributed by atoms with E-state index in [1.54, 1.807) is 7.05 Å². The zero-order valence-electron chi connectivity index (χ0n) is 9.23. The molecule has 5 heteroatoms. The van der Waals surface area contributed by atoms with E-state index in [0.717, 1.165) is 32.1 Å². The van der Waals surface area contributed by atoms with Crippen LogP contribution in [0.3, 0.4) is 0 Å². The summed E-state index contributed by atoms with van der Waals surface area (Å²) in [5.74, 6) is 0.358. The van der Waals surface area contributed by atoms with Crippen LogP contribution >= 0.6 is 0 Å². The highest BCUT2D eigenvalue weighted by Gasteiger charge is 2.41. The van der Waals surface area contributed by atoms with Crippen molar-refractivity contribution in [2.24, 2.45) is 12.5 Å². The van der Waals surface area contributed by atoms with Gasteiger partial charge in [-0.1, -0.05) is 19.8 Å². The molecule has 1 aromatic rings. The molecule has 1 aliphatic carbocycles. The predicted octanol–water partition coefficient (Wildman–Crippen LogP) is 1.36. The van der Waals surface area contributed by atoms with E-state index >= 15 is 0 Å². The van der Waals surface area contributed by atoms with Crippen molar-refractivity contribution in [2.45, 2.75) is 39.0 Å². The highest BCUT2D eigenvalue weighted by Crippen LogP contribution is 2.42. The SMILES string of the molecule is CCC1(C(=O)c2nnn(C)n2)CCCC1. The maximum atomic E-state index is 12.2. The van der Waals surface area contributed by atoms with Gasteiger partial charge < -0.3 is 0 Å². The molecule has 0 aromatic carbocycles. The molecule has 1 saturated carbocycles. The Morgan fingerprint density at radius 1 is 1.47 bits per heavy atom. The largest absolute Gasteiger partial charge is 0.290 e. The topological polar surface area (TPSA) is 60.7 Å². The van der Waals surface area contributed by atoms with Crippen molar-refractivity contribution in [2.75, 3.05) is 0 Å². The van der Waals surface area contributed by atoms with Gasteiger partial charge in [-0.25, -0.2) is 0 Å². The van der Waals surface area contributed by atoms with Gasteiger partial charge in [0.2, 0.25) is 11.6 Å². The van der Waals surface area contributed by atoms with Crippen LogP contribution in [0.25, 0.3) is 0 Å². The van der Waals surface area contributed by atoms with E-state index < -0.39 is 0 Å². The molecular formula is C10H16N4O. The third-order valence-corrected chi connectivity index (χ3v) is 3.43. The molecule has 0 aliphatic heterocycles. The van der Waals surface area contributed by atoms with Crippen molar-refractivity contribution < 1.29 is 4.79 Å². The summed E-state index contributed by atoms with van der Waals surface area (Å²) in [6, 6.07) is 0. The Hall–Kier alpha value is -1.26. The Morgan fingerprint density at radius 3 is 2.60 bits per heavy atom. The van der Waals surface area contributed by atoms with Crippen LogP contribution in [0.5, 0.6) is 0 Å².